The summed E-state index contributed by atoms with van der Waals surface area (Å²) in [7, 11) is 0. The van der Waals surface area contributed by atoms with E-state index in [1.807, 2.05) is 6.92 Å². The minimum atomic E-state index is 0.133. The summed E-state index contributed by atoms with van der Waals surface area (Å²) >= 11 is 0. The van der Waals surface area contributed by atoms with Crippen LogP contribution in [0.4, 0.5) is 0 Å². The molecule has 0 radical (unpaired) electrons. The Hall–Kier alpha value is -0.680. The summed E-state index contributed by atoms with van der Waals surface area (Å²) in [6.07, 6.45) is 3.42. The first-order valence-corrected chi connectivity index (χ1v) is 5.33. The third-order valence-corrected chi connectivity index (χ3v) is 0.911. The summed E-state index contributed by atoms with van der Waals surface area (Å²) in [5, 5.41) is 15.6. The van der Waals surface area contributed by atoms with Gasteiger partial charge in [0, 0.05) is 13.2 Å². The number of aliphatic hydroxyl groups excluding tert-OH is 2. The highest BCUT2D eigenvalue weighted by Gasteiger charge is 1.73. The van der Waals surface area contributed by atoms with Crippen LogP contribution in [0.25, 0.3) is 0 Å². The van der Waals surface area contributed by atoms with Crippen molar-refractivity contribution in [2.45, 2.75) is 13.8 Å². The second-order valence-electron chi connectivity index (χ2n) is 2.35. The first-order valence-electron chi connectivity index (χ1n) is 5.33. The zero-order chi connectivity index (χ0) is 13.1. The molecule has 0 unspecified atom stereocenters. The van der Waals surface area contributed by atoms with Crippen molar-refractivity contribution in [2.24, 2.45) is 0 Å². The van der Waals surface area contributed by atoms with Crippen molar-refractivity contribution in [1.82, 2.24) is 0 Å². The minimum absolute atomic E-state index is 0.133. The van der Waals surface area contributed by atoms with E-state index < -0.39 is 0 Å². The van der Waals surface area contributed by atoms with Crippen LogP contribution in [0.3, 0.4) is 0 Å². The Bertz CT molecular complexity index is 104. The van der Waals surface area contributed by atoms with Gasteiger partial charge in [-0.25, -0.2) is 0 Å². The normalized spacial score (nSPS) is 8.00. The Kier molecular flexibility index (Phi) is 37.8. The molecule has 0 rings (SSSR count). The zero-order valence-corrected chi connectivity index (χ0v) is 10.5. The third kappa shape index (κ3) is 50.6. The van der Waals surface area contributed by atoms with Gasteiger partial charge in [-0.1, -0.05) is 12.2 Å². The molecule has 0 aromatic heterocycles. The van der Waals surface area contributed by atoms with Gasteiger partial charge in [0.25, 0.3) is 0 Å². The van der Waals surface area contributed by atoms with Gasteiger partial charge in [-0.3, -0.25) is 0 Å². The summed E-state index contributed by atoms with van der Waals surface area (Å²) in [4.78, 5) is 0. The topological polar surface area (TPSA) is 58.9 Å². The molecule has 0 saturated carbocycles. The van der Waals surface area contributed by atoms with Gasteiger partial charge >= 0.3 is 0 Å². The second kappa shape index (κ2) is 29.2. The number of ether oxygens (including phenoxy) is 2. The summed E-state index contributed by atoms with van der Waals surface area (Å²) in [5.41, 5.74) is 0. The molecule has 0 heterocycles. The molecule has 98 valence electrons. The third-order valence-electron chi connectivity index (χ3n) is 0.911. The maximum atomic E-state index is 8.07. The van der Waals surface area contributed by atoms with E-state index in [0.717, 1.165) is 0 Å². The van der Waals surface area contributed by atoms with Gasteiger partial charge in [0.2, 0.25) is 0 Å². The fourth-order valence-corrected chi connectivity index (χ4v) is 0.444. The fraction of sp³-hybridized carbons (Fsp3) is 0.667. The van der Waals surface area contributed by atoms with Gasteiger partial charge in [0.15, 0.2) is 0 Å². The van der Waals surface area contributed by atoms with Crippen molar-refractivity contribution in [3.8, 4) is 0 Å². The van der Waals surface area contributed by atoms with E-state index in [1.54, 1.807) is 19.1 Å². The van der Waals surface area contributed by atoms with E-state index in [4.69, 9.17) is 19.7 Å². The molecule has 2 N–H and O–H groups in total. The lowest BCUT2D eigenvalue weighted by Crippen LogP contribution is -1.96. The van der Waals surface area contributed by atoms with E-state index >= 15 is 0 Å². The first kappa shape index (κ1) is 20.7. The first-order chi connectivity index (χ1) is 7.74. The predicted molar refractivity (Wildman–Crippen MR) is 67.6 cm³/mol. The smallest absolute Gasteiger partial charge is 0.0697 e. The van der Waals surface area contributed by atoms with Crippen molar-refractivity contribution >= 4 is 0 Å². The average molecular weight is 234 g/mol. The van der Waals surface area contributed by atoms with E-state index in [0.29, 0.717) is 26.4 Å². The van der Waals surface area contributed by atoms with Crippen molar-refractivity contribution in [1.29, 1.82) is 0 Å². The molecule has 4 heteroatoms. The van der Waals surface area contributed by atoms with Gasteiger partial charge in [0.1, 0.15) is 0 Å². The Balaban J connectivity index is -0.000000172. The Labute approximate surface area is 99.2 Å². The molecule has 0 aliphatic carbocycles. The highest BCUT2D eigenvalue weighted by atomic mass is 16.5. The summed E-state index contributed by atoms with van der Waals surface area (Å²) < 4.78 is 9.63. The molecule has 0 atom stereocenters. The zero-order valence-electron chi connectivity index (χ0n) is 10.5. The van der Waals surface area contributed by atoms with Crippen LogP contribution in [0, 0.1) is 0 Å². The Morgan fingerprint density at radius 2 is 1.44 bits per heavy atom. The lowest BCUT2D eigenvalue weighted by Gasteiger charge is -1.91. The molecular formula is C12H26O4. The maximum Gasteiger partial charge on any atom is 0.0697 e. The SMILES string of the molecule is C=CCOCC=C.CCO.CCOCCO. The number of hydrogen-bond donors (Lipinski definition) is 2. The van der Waals surface area contributed by atoms with Gasteiger partial charge in [-0.2, -0.15) is 0 Å². The van der Waals surface area contributed by atoms with E-state index in [2.05, 4.69) is 13.2 Å². The van der Waals surface area contributed by atoms with Crippen LogP contribution in [0.15, 0.2) is 25.3 Å². The molecule has 0 saturated heterocycles. The molecule has 0 aromatic rings. The van der Waals surface area contributed by atoms with Crippen LogP contribution < -0.4 is 0 Å². The molecule has 0 fully saturated rings. The predicted octanol–water partition coefficient (Wildman–Crippen LogP) is 1.39. The second-order valence-corrected chi connectivity index (χ2v) is 2.35. The van der Waals surface area contributed by atoms with Crippen LogP contribution in [-0.4, -0.2) is 49.9 Å². The van der Waals surface area contributed by atoms with Gasteiger partial charge in [0.05, 0.1) is 26.4 Å². The van der Waals surface area contributed by atoms with Gasteiger partial charge in [-0.15, -0.1) is 13.2 Å². The van der Waals surface area contributed by atoms with Crippen molar-refractivity contribution in [3.63, 3.8) is 0 Å². The summed E-state index contributed by atoms with van der Waals surface area (Å²) in [6.45, 7) is 13.3. The van der Waals surface area contributed by atoms with Gasteiger partial charge in [-0.05, 0) is 13.8 Å². The molecule has 16 heavy (non-hydrogen) atoms. The van der Waals surface area contributed by atoms with E-state index in [9.17, 15) is 0 Å². The monoisotopic (exact) mass is 234 g/mol. The quantitative estimate of drug-likeness (QED) is 0.516. The molecule has 0 spiro atoms. The summed E-state index contributed by atoms with van der Waals surface area (Å²) in [5.74, 6) is 0. The molecule has 0 aliphatic rings. The lowest BCUT2D eigenvalue weighted by atomic mass is 10.6. The van der Waals surface area contributed by atoms with E-state index in [-0.39, 0.29) is 13.2 Å². The highest BCUT2D eigenvalue weighted by Crippen LogP contribution is 1.72. The fourth-order valence-electron chi connectivity index (χ4n) is 0.444. The Morgan fingerprint density at radius 3 is 1.62 bits per heavy atom. The number of rotatable bonds is 7. The van der Waals surface area contributed by atoms with Crippen LogP contribution in [-0.2, 0) is 9.47 Å². The molecular weight excluding hydrogens is 208 g/mol. The minimum Gasteiger partial charge on any atom is -0.397 e. The van der Waals surface area contributed by atoms with Crippen molar-refractivity contribution in [2.75, 3.05) is 39.6 Å². The largest absolute Gasteiger partial charge is 0.397 e. The Morgan fingerprint density at radius 1 is 1.00 bits per heavy atom. The van der Waals surface area contributed by atoms with Gasteiger partial charge < -0.3 is 19.7 Å². The van der Waals surface area contributed by atoms with E-state index in [1.165, 1.54) is 0 Å². The molecule has 0 bridgehead atoms. The molecule has 0 aliphatic heterocycles. The van der Waals surface area contributed by atoms with Crippen LogP contribution in [0.1, 0.15) is 13.8 Å². The molecule has 4 nitrogen and oxygen atoms in total. The molecule has 0 aromatic carbocycles. The maximum absolute atomic E-state index is 8.07. The number of hydrogen-bond acceptors (Lipinski definition) is 4. The van der Waals surface area contributed by atoms with Crippen LogP contribution in [0.5, 0.6) is 0 Å². The van der Waals surface area contributed by atoms with Crippen LogP contribution in [0.2, 0.25) is 0 Å². The highest BCUT2D eigenvalue weighted by molar-refractivity contribution is 4.68. The average Bonchev–Trinajstić information content (AvgIpc) is 2.29. The molecule has 0 amide bonds. The summed E-state index contributed by atoms with van der Waals surface area (Å²) in [6, 6.07) is 0. The lowest BCUT2D eigenvalue weighted by molar-refractivity contribution is 0.102. The van der Waals surface area contributed by atoms with Crippen molar-refractivity contribution in [3.05, 3.63) is 25.3 Å². The van der Waals surface area contributed by atoms with Crippen LogP contribution >= 0.6 is 0 Å². The van der Waals surface area contributed by atoms with Crippen molar-refractivity contribution < 1.29 is 19.7 Å². The standard InChI is InChI=1S/C6H10O.C4H10O2.C2H6O/c1-3-5-7-6-4-2;1-2-6-4-3-5;1-2-3/h3-4H,1-2,5-6H2;5H,2-4H2,1H3;3H,2H2,1H3. The number of aliphatic hydroxyl groups is 2.